The van der Waals surface area contributed by atoms with Crippen molar-refractivity contribution in [1.82, 2.24) is 10.0 Å². The quantitative estimate of drug-likeness (QED) is 0.730. The fraction of sp³-hybridized carbons (Fsp3) is 0.500. The van der Waals surface area contributed by atoms with Gasteiger partial charge in [-0.3, -0.25) is 0 Å². The highest BCUT2D eigenvalue weighted by Crippen LogP contribution is 2.26. The number of nitrogens with zero attached hydrogens (tertiary/aromatic N) is 1. The Morgan fingerprint density at radius 2 is 1.95 bits per heavy atom. The highest BCUT2D eigenvalue weighted by molar-refractivity contribution is 9.10. The summed E-state index contributed by atoms with van der Waals surface area (Å²) in [6, 6.07) is 5.26. The maximum Gasteiger partial charge on any atom is 0.241 e. The molecule has 0 fully saturated rings. The molecule has 0 aliphatic carbocycles. The maximum atomic E-state index is 12.2. The molecule has 0 spiro atoms. The topological polar surface area (TPSA) is 61.4 Å². The molecule has 19 heavy (non-hydrogen) atoms. The van der Waals surface area contributed by atoms with Crippen LogP contribution in [0.15, 0.2) is 27.6 Å². The molecule has 0 radical (unpaired) electrons. The van der Waals surface area contributed by atoms with Gasteiger partial charge in [-0.1, -0.05) is 6.92 Å². The van der Waals surface area contributed by atoms with Crippen LogP contribution < -0.4 is 14.9 Å². The SMILES string of the molecule is CCNCCNS(=O)(=O)c1cc(N(C)C)ccc1Br. The van der Waals surface area contributed by atoms with Gasteiger partial charge in [0.05, 0.1) is 4.90 Å². The van der Waals surface area contributed by atoms with E-state index in [-0.39, 0.29) is 4.90 Å². The van der Waals surface area contributed by atoms with Gasteiger partial charge in [0.15, 0.2) is 0 Å². The van der Waals surface area contributed by atoms with E-state index < -0.39 is 10.0 Å². The summed E-state index contributed by atoms with van der Waals surface area (Å²) >= 11 is 3.28. The van der Waals surface area contributed by atoms with Crippen LogP contribution in [0.25, 0.3) is 0 Å². The first-order chi connectivity index (χ1) is 8.88. The Morgan fingerprint density at radius 3 is 2.53 bits per heavy atom. The minimum absolute atomic E-state index is 0.259. The molecule has 0 aromatic heterocycles. The van der Waals surface area contributed by atoms with Gasteiger partial charge in [-0.2, -0.15) is 0 Å². The fourth-order valence-corrected chi connectivity index (χ4v) is 3.52. The predicted molar refractivity (Wildman–Crippen MR) is 82.2 cm³/mol. The predicted octanol–water partition coefficient (Wildman–Crippen LogP) is 1.40. The van der Waals surface area contributed by atoms with Gasteiger partial charge in [0.1, 0.15) is 0 Å². The third-order valence-electron chi connectivity index (χ3n) is 2.56. The van der Waals surface area contributed by atoms with Gasteiger partial charge in [0, 0.05) is 37.3 Å². The molecule has 0 heterocycles. The fourth-order valence-electron chi connectivity index (χ4n) is 1.50. The van der Waals surface area contributed by atoms with Gasteiger partial charge in [-0.25, -0.2) is 13.1 Å². The second-order valence-corrected chi connectivity index (χ2v) is 6.85. The first-order valence-corrected chi connectivity index (χ1v) is 8.33. The summed E-state index contributed by atoms with van der Waals surface area (Å²) in [6.07, 6.45) is 0. The van der Waals surface area contributed by atoms with Crippen LogP contribution >= 0.6 is 15.9 Å². The van der Waals surface area contributed by atoms with Crippen LogP contribution in [0.2, 0.25) is 0 Å². The average molecular weight is 350 g/mol. The Morgan fingerprint density at radius 1 is 1.26 bits per heavy atom. The molecule has 7 heteroatoms. The van der Waals surface area contributed by atoms with E-state index in [4.69, 9.17) is 0 Å². The standard InChI is InChI=1S/C12H20BrN3O2S/c1-4-14-7-8-15-19(17,18)12-9-10(16(2)3)5-6-11(12)13/h5-6,9,14-15H,4,7-8H2,1-3H3. The van der Waals surface area contributed by atoms with Gasteiger partial charge in [0.2, 0.25) is 10.0 Å². The monoisotopic (exact) mass is 349 g/mol. The second-order valence-electron chi connectivity index (χ2n) is 4.26. The number of hydrogen-bond donors (Lipinski definition) is 2. The van der Waals surface area contributed by atoms with E-state index in [2.05, 4.69) is 26.0 Å². The largest absolute Gasteiger partial charge is 0.378 e. The Balaban J connectivity index is 2.90. The number of anilines is 1. The number of rotatable bonds is 7. The Hall–Kier alpha value is -0.630. The molecule has 0 aliphatic rings. The summed E-state index contributed by atoms with van der Waals surface area (Å²) < 4.78 is 27.5. The lowest BCUT2D eigenvalue weighted by Crippen LogP contribution is -2.32. The summed E-state index contributed by atoms with van der Waals surface area (Å²) in [6.45, 7) is 3.78. The van der Waals surface area contributed by atoms with Gasteiger partial charge >= 0.3 is 0 Å². The minimum atomic E-state index is -3.49. The number of hydrogen-bond acceptors (Lipinski definition) is 4. The van der Waals surface area contributed by atoms with Crippen molar-refractivity contribution in [2.75, 3.05) is 38.6 Å². The zero-order chi connectivity index (χ0) is 14.5. The third kappa shape index (κ3) is 4.76. The lowest BCUT2D eigenvalue weighted by Gasteiger charge is -2.15. The summed E-state index contributed by atoms with van der Waals surface area (Å²) in [7, 11) is 0.256. The van der Waals surface area contributed by atoms with E-state index in [1.54, 1.807) is 12.1 Å². The van der Waals surface area contributed by atoms with Crippen molar-refractivity contribution >= 4 is 31.6 Å². The molecule has 108 valence electrons. The van der Waals surface area contributed by atoms with Gasteiger partial charge in [0.25, 0.3) is 0 Å². The Bertz CT molecular complexity index is 518. The van der Waals surface area contributed by atoms with E-state index in [9.17, 15) is 8.42 Å². The molecular weight excluding hydrogens is 330 g/mol. The van der Waals surface area contributed by atoms with Gasteiger partial charge in [-0.15, -0.1) is 0 Å². The molecule has 2 N–H and O–H groups in total. The zero-order valence-electron chi connectivity index (χ0n) is 11.4. The molecule has 0 bridgehead atoms. The van der Waals surface area contributed by atoms with Crippen LogP contribution in [0, 0.1) is 0 Å². The van der Waals surface area contributed by atoms with Gasteiger partial charge in [-0.05, 0) is 40.7 Å². The molecule has 0 saturated carbocycles. The second kappa shape index (κ2) is 7.23. The van der Waals surface area contributed by atoms with Crippen LogP contribution in [-0.2, 0) is 10.0 Å². The molecule has 1 aromatic carbocycles. The van der Waals surface area contributed by atoms with Crippen molar-refractivity contribution in [2.45, 2.75) is 11.8 Å². The van der Waals surface area contributed by atoms with Crippen molar-refractivity contribution in [3.8, 4) is 0 Å². The first kappa shape index (κ1) is 16.4. The van der Waals surface area contributed by atoms with Crippen LogP contribution in [0.5, 0.6) is 0 Å². The van der Waals surface area contributed by atoms with Crippen LogP contribution in [0.1, 0.15) is 6.92 Å². The number of benzene rings is 1. The number of likely N-dealkylation sites (N-methyl/N-ethyl adjacent to an activating group) is 1. The molecule has 5 nitrogen and oxygen atoms in total. The zero-order valence-corrected chi connectivity index (χ0v) is 13.8. The minimum Gasteiger partial charge on any atom is -0.378 e. The van der Waals surface area contributed by atoms with Crippen molar-refractivity contribution in [3.63, 3.8) is 0 Å². The summed E-state index contributed by atoms with van der Waals surface area (Å²) in [5.41, 5.74) is 0.843. The molecule has 0 atom stereocenters. The summed E-state index contributed by atoms with van der Waals surface area (Å²) in [4.78, 5) is 2.12. The molecule has 0 saturated heterocycles. The van der Waals surface area contributed by atoms with E-state index in [1.165, 1.54) is 0 Å². The molecular formula is C12H20BrN3O2S. The highest BCUT2D eigenvalue weighted by atomic mass is 79.9. The normalized spacial score (nSPS) is 11.6. The number of sulfonamides is 1. The van der Waals surface area contributed by atoms with E-state index >= 15 is 0 Å². The van der Waals surface area contributed by atoms with Crippen molar-refractivity contribution < 1.29 is 8.42 Å². The van der Waals surface area contributed by atoms with E-state index in [0.29, 0.717) is 17.6 Å². The smallest absolute Gasteiger partial charge is 0.241 e. The number of halogens is 1. The molecule has 0 aliphatic heterocycles. The van der Waals surface area contributed by atoms with Crippen molar-refractivity contribution in [1.29, 1.82) is 0 Å². The Kier molecular flexibility index (Phi) is 6.25. The maximum absolute atomic E-state index is 12.2. The number of nitrogens with one attached hydrogen (secondary N) is 2. The molecule has 1 aromatic rings. The third-order valence-corrected chi connectivity index (χ3v) is 5.02. The van der Waals surface area contributed by atoms with E-state index in [0.717, 1.165) is 12.2 Å². The Labute approximate surface area is 123 Å². The van der Waals surface area contributed by atoms with Crippen LogP contribution in [-0.4, -0.2) is 42.1 Å². The van der Waals surface area contributed by atoms with Crippen LogP contribution in [0.4, 0.5) is 5.69 Å². The van der Waals surface area contributed by atoms with Crippen LogP contribution in [0.3, 0.4) is 0 Å². The average Bonchev–Trinajstić information content (AvgIpc) is 2.34. The van der Waals surface area contributed by atoms with E-state index in [1.807, 2.05) is 32.0 Å². The molecule has 0 amide bonds. The van der Waals surface area contributed by atoms with Gasteiger partial charge < -0.3 is 10.2 Å². The lowest BCUT2D eigenvalue weighted by molar-refractivity contribution is 0.577. The molecule has 0 unspecified atom stereocenters. The summed E-state index contributed by atoms with van der Waals surface area (Å²) in [5.74, 6) is 0. The van der Waals surface area contributed by atoms with Crippen molar-refractivity contribution in [2.24, 2.45) is 0 Å². The molecule has 1 rings (SSSR count). The van der Waals surface area contributed by atoms with Crippen molar-refractivity contribution in [3.05, 3.63) is 22.7 Å². The summed E-state index contributed by atoms with van der Waals surface area (Å²) in [5, 5.41) is 3.07. The lowest BCUT2D eigenvalue weighted by atomic mass is 10.3. The highest BCUT2D eigenvalue weighted by Gasteiger charge is 2.18. The first-order valence-electron chi connectivity index (χ1n) is 6.05.